The van der Waals surface area contributed by atoms with Gasteiger partial charge in [0, 0.05) is 0 Å². The maximum atomic E-state index is 12.8. The summed E-state index contributed by atoms with van der Waals surface area (Å²) in [5.74, 6) is -0.610. The summed E-state index contributed by atoms with van der Waals surface area (Å²) in [6.45, 7) is 0. The second kappa shape index (κ2) is 7.63. The molecule has 1 N–H and O–H groups in total. The Morgan fingerprint density at radius 3 is 2.58 bits per heavy atom. The predicted octanol–water partition coefficient (Wildman–Crippen LogP) is 1.84. The van der Waals surface area contributed by atoms with E-state index in [0.717, 1.165) is 29.1 Å². The van der Waals surface area contributed by atoms with Crippen LogP contribution in [0.1, 0.15) is 17.2 Å². The molecule has 2 rings (SSSR count). The standard InChI is InChI=1S/C14H12AsBrF3N3O2/c1-24-11(7-2-3-10(16)20-5-7)13(23)22-9-4-8(14(17,18)19)6-21-12(9)15/h2-6,11H,15H2,1H3,(H,22,23). The molecule has 24 heavy (non-hydrogen) atoms. The average molecular weight is 466 g/mol. The van der Waals surface area contributed by atoms with Crippen LogP contribution in [0.15, 0.2) is 35.2 Å². The van der Waals surface area contributed by atoms with Crippen molar-refractivity contribution in [2.75, 3.05) is 12.4 Å². The quantitative estimate of drug-likeness (QED) is 0.552. The van der Waals surface area contributed by atoms with E-state index in [1.165, 1.54) is 13.3 Å². The summed E-state index contributed by atoms with van der Waals surface area (Å²) in [5, 5.41) is 2.44. The molecule has 2 aromatic rings. The molecule has 1 amide bonds. The molecule has 0 aromatic carbocycles. The first-order valence-electron chi connectivity index (χ1n) is 6.50. The van der Waals surface area contributed by atoms with Gasteiger partial charge in [0.1, 0.15) is 0 Å². The molecule has 0 fully saturated rings. The predicted molar refractivity (Wildman–Crippen MR) is 87.7 cm³/mol. The number of hydrogen-bond acceptors (Lipinski definition) is 4. The van der Waals surface area contributed by atoms with Crippen LogP contribution in [0.4, 0.5) is 18.9 Å². The van der Waals surface area contributed by atoms with Crippen molar-refractivity contribution in [3.05, 3.63) is 46.3 Å². The number of pyridine rings is 2. The summed E-state index contributed by atoms with van der Waals surface area (Å²) in [6, 6.07) is 4.12. The Kier molecular flexibility index (Phi) is 6.01. The normalized spacial score (nSPS) is 12.8. The van der Waals surface area contributed by atoms with Crippen LogP contribution in [0.5, 0.6) is 0 Å². The van der Waals surface area contributed by atoms with Gasteiger partial charge in [-0.1, -0.05) is 0 Å². The van der Waals surface area contributed by atoms with Gasteiger partial charge in [0.05, 0.1) is 0 Å². The Bertz CT molecular complexity index is 741. The minimum atomic E-state index is -4.54. The maximum absolute atomic E-state index is 12.8. The zero-order valence-electron chi connectivity index (χ0n) is 12.3. The number of halogens is 4. The number of hydrogen-bond donors (Lipinski definition) is 1. The molecule has 10 heteroatoms. The van der Waals surface area contributed by atoms with E-state index in [1.54, 1.807) is 12.1 Å². The van der Waals surface area contributed by atoms with Crippen molar-refractivity contribution in [3.63, 3.8) is 0 Å². The molecule has 0 aliphatic heterocycles. The van der Waals surface area contributed by atoms with E-state index < -0.39 is 23.8 Å². The van der Waals surface area contributed by atoms with E-state index in [9.17, 15) is 18.0 Å². The third-order valence-corrected chi connectivity index (χ3v) is 4.46. The first-order valence-corrected chi connectivity index (χ1v) is 8.50. The molecule has 0 bridgehead atoms. The fourth-order valence-corrected chi connectivity index (χ4v) is 2.58. The Morgan fingerprint density at radius 1 is 1.33 bits per heavy atom. The molecule has 0 saturated heterocycles. The molecule has 0 aliphatic carbocycles. The molecule has 128 valence electrons. The number of nitrogens with one attached hydrogen (secondary N) is 1. The summed E-state index contributed by atoms with van der Waals surface area (Å²) in [5.41, 5.74) is -0.457. The number of amides is 1. The zero-order chi connectivity index (χ0) is 17.9. The van der Waals surface area contributed by atoms with Crippen LogP contribution >= 0.6 is 15.9 Å². The molecule has 0 radical (unpaired) electrons. The monoisotopic (exact) mass is 465 g/mol. The zero-order valence-corrected chi connectivity index (χ0v) is 16.3. The van der Waals surface area contributed by atoms with E-state index in [4.69, 9.17) is 4.74 Å². The van der Waals surface area contributed by atoms with E-state index in [0.29, 0.717) is 14.6 Å². The molecular weight excluding hydrogens is 454 g/mol. The summed E-state index contributed by atoms with van der Waals surface area (Å²) in [4.78, 5) is 20.1. The Labute approximate surface area is 152 Å². The number of aromatic nitrogens is 2. The Morgan fingerprint density at radius 2 is 2.04 bits per heavy atom. The van der Waals surface area contributed by atoms with E-state index >= 15 is 0 Å². The third kappa shape index (κ3) is 4.55. The second-order valence-electron chi connectivity index (χ2n) is 4.67. The number of carbonyl (C=O) groups excluding carboxylic acids is 1. The molecule has 0 spiro atoms. The van der Waals surface area contributed by atoms with Crippen LogP contribution in [-0.4, -0.2) is 39.8 Å². The van der Waals surface area contributed by atoms with Crippen molar-refractivity contribution in [1.29, 1.82) is 0 Å². The molecule has 5 nitrogen and oxygen atoms in total. The molecule has 0 saturated carbocycles. The number of methoxy groups -OCH3 is 1. The first kappa shape index (κ1) is 18.9. The molecule has 2 heterocycles. The van der Waals surface area contributed by atoms with Gasteiger partial charge in [-0.2, -0.15) is 0 Å². The van der Waals surface area contributed by atoms with Gasteiger partial charge >= 0.3 is 153 Å². The van der Waals surface area contributed by atoms with Crippen molar-refractivity contribution in [1.82, 2.24) is 9.97 Å². The molecule has 2 unspecified atom stereocenters. The van der Waals surface area contributed by atoms with Gasteiger partial charge in [-0.15, -0.1) is 0 Å². The van der Waals surface area contributed by atoms with Crippen molar-refractivity contribution < 1.29 is 22.7 Å². The van der Waals surface area contributed by atoms with Crippen LogP contribution in [0.25, 0.3) is 0 Å². The number of anilines is 1. The van der Waals surface area contributed by atoms with Gasteiger partial charge in [0.25, 0.3) is 0 Å². The van der Waals surface area contributed by atoms with Gasteiger partial charge in [0.2, 0.25) is 0 Å². The SMILES string of the molecule is COC(C(=O)Nc1cc(C(F)(F)F)cnc1[AsH2])c1ccc(Br)nc1. The van der Waals surface area contributed by atoms with Crippen LogP contribution in [0, 0.1) is 0 Å². The topological polar surface area (TPSA) is 64.1 Å². The Balaban J connectivity index is 2.26. The Hall–Kier alpha value is -1.44. The summed E-state index contributed by atoms with van der Waals surface area (Å²) >= 11 is 4.17. The molecule has 2 aromatic heterocycles. The van der Waals surface area contributed by atoms with Crippen LogP contribution in [0.3, 0.4) is 0 Å². The minimum absolute atomic E-state index is 0.00180. The average Bonchev–Trinajstić information content (AvgIpc) is 2.51. The number of nitrogens with zero attached hydrogens (tertiary/aromatic N) is 2. The van der Waals surface area contributed by atoms with Crippen LogP contribution in [-0.2, 0) is 15.7 Å². The van der Waals surface area contributed by atoms with Gasteiger partial charge in [-0.05, 0) is 0 Å². The third-order valence-electron chi connectivity index (χ3n) is 3.03. The summed E-state index contributed by atoms with van der Waals surface area (Å²) < 4.78 is 44.4. The number of carbonyl (C=O) groups is 1. The fraction of sp³-hybridized carbons (Fsp3) is 0.214. The fourth-order valence-electron chi connectivity index (χ4n) is 1.87. The summed E-state index contributed by atoms with van der Waals surface area (Å²) in [7, 11) is 1.33. The van der Waals surface area contributed by atoms with Gasteiger partial charge in [-0.25, -0.2) is 0 Å². The number of ether oxygens (including phenoxy) is 1. The van der Waals surface area contributed by atoms with E-state index in [1.807, 2.05) is 0 Å². The van der Waals surface area contributed by atoms with Crippen molar-refractivity contribution in [3.8, 4) is 0 Å². The molecule has 0 aliphatic rings. The van der Waals surface area contributed by atoms with Gasteiger partial charge in [0.15, 0.2) is 0 Å². The van der Waals surface area contributed by atoms with E-state index in [2.05, 4.69) is 31.2 Å². The van der Waals surface area contributed by atoms with Crippen molar-refractivity contribution >= 4 is 48.9 Å². The van der Waals surface area contributed by atoms with Crippen molar-refractivity contribution in [2.24, 2.45) is 0 Å². The van der Waals surface area contributed by atoms with Gasteiger partial charge in [-0.3, -0.25) is 0 Å². The van der Waals surface area contributed by atoms with Crippen LogP contribution < -0.4 is 9.80 Å². The number of rotatable bonds is 4. The second-order valence-corrected chi connectivity index (χ2v) is 6.63. The summed E-state index contributed by atoms with van der Waals surface area (Å²) in [6.07, 6.45) is -3.37. The molecular formula is C14H12AsBrF3N3O2. The molecule has 2 atom stereocenters. The first-order chi connectivity index (χ1) is 11.2. The van der Waals surface area contributed by atoms with E-state index in [-0.39, 0.29) is 5.69 Å². The number of alkyl halides is 3. The van der Waals surface area contributed by atoms with Crippen molar-refractivity contribution in [2.45, 2.75) is 12.3 Å². The van der Waals surface area contributed by atoms with Crippen LogP contribution in [0.2, 0.25) is 0 Å². The van der Waals surface area contributed by atoms with Gasteiger partial charge < -0.3 is 0 Å².